The van der Waals surface area contributed by atoms with Gasteiger partial charge in [0.05, 0.1) is 0 Å². The monoisotopic (exact) mass is 202 g/mol. The molecule has 0 N–H and O–H groups in total. The average Bonchev–Trinajstić information content (AvgIpc) is 2.16. The van der Waals surface area contributed by atoms with Crippen molar-refractivity contribution in [1.82, 2.24) is 9.38 Å². The smallest absolute Gasteiger partial charge is 0.261 e. The molecule has 2 heterocycles. The zero-order valence-corrected chi connectivity index (χ0v) is 9.19. The van der Waals surface area contributed by atoms with Gasteiger partial charge in [-0.2, -0.15) is 0 Å². The Hall–Kier alpha value is -1.64. The lowest BCUT2D eigenvalue weighted by molar-refractivity contribution is 0.576. The fourth-order valence-corrected chi connectivity index (χ4v) is 1.54. The normalized spacial score (nSPS) is 11.9. The number of pyridine rings is 1. The van der Waals surface area contributed by atoms with Crippen molar-refractivity contribution >= 4 is 5.65 Å². The Morgan fingerprint density at radius 3 is 2.67 bits per heavy atom. The van der Waals surface area contributed by atoms with E-state index in [0.29, 0.717) is 5.65 Å². The van der Waals surface area contributed by atoms with Gasteiger partial charge >= 0.3 is 0 Å². The van der Waals surface area contributed by atoms with E-state index >= 15 is 0 Å². The van der Waals surface area contributed by atoms with E-state index in [-0.39, 0.29) is 11.0 Å². The number of fused-ring (bicyclic) bond motifs is 1. The molecule has 0 bridgehead atoms. The van der Waals surface area contributed by atoms with E-state index in [1.54, 1.807) is 16.8 Å². The molecule has 0 aliphatic heterocycles. The molecular weight excluding hydrogens is 188 g/mol. The second-order valence-electron chi connectivity index (χ2n) is 4.66. The van der Waals surface area contributed by atoms with Gasteiger partial charge in [0, 0.05) is 18.0 Å². The van der Waals surface area contributed by atoms with E-state index < -0.39 is 0 Å². The quantitative estimate of drug-likeness (QED) is 0.654. The maximum atomic E-state index is 12.1. The number of hydrogen-bond donors (Lipinski definition) is 0. The molecule has 0 spiro atoms. The molecular formula is C12H14N2O. The third kappa shape index (κ3) is 1.65. The molecule has 0 saturated heterocycles. The number of nitrogens with zero attached hydrogens (tertiary/aromatic N) is 2. The van der Waals surface area contributed by atoms with Gasteiger partial charge in [0.2, 0.25) is 0 Å². The summed E-state index contributed by atoms with van der Waals surface area (Å²) < 4.78 is 1.58. The zero-order valence-electron chi connectivity index (χ0n) is 9.19. The summed E-state index contributed by atoms with van der Waals surface area (Å²) in [6, 6.07) is 5.54. The van der Waals surface area contributed by atoms with Crippen LogP contribution in [0.2, 0.25) is 0 Å². The Bertz CT molecular complexity index is 549. The van der Waals surface area contributed by atoms with Gasteiger partial charge in [-0.15, -0.1) is 0 Å². The number of hydrogen-bond acceptors (Lipinski definition) is 2. The Balaban J connectivity index is 2.83. The van der Waals surface area contributed by atoms with Gasteiger partial charge in [0.1, 0.15) is 5.65 Å². The van der Waals surface area contributed by atoms with Crippen molar-refractivity contribution in [3.8, 4) is 0 Å². The number of aromatic nitrogens is 2. The Morgan fingerprint density at radius 1 is 1.27 bits per heavy atom. The highest BCUT2D eigenvalue weighted by Crippen LogP contribution is 2.17. The first-order valence-electron chi connectivity index (χ1n) is 4.97. The minimum Gasteiger partial charge on any atom is -0.269 e. The molecule has 0 radical (unpaired) electrons. The molecule has 0 saturated carbocycles. The SMILES string of the molecule is CC(C)(C)c1cnc2ccccn2c1=O. The van der Waals surface area contributed by atoms with Gasteiger partial charge in [-0.3, -0.25) is 9.20 Å². The van der Waals surface area contributed by atoms with Crippen molar-refractivity contribution < 1.29 is 0 Å². The largest absolute Gasteiger partial charge is 0.269 e. The molecule has 0 amide bonds. The summed E-state index contributed by atoms with van der Waals surface area (Å²) in [6.07, 6.45) is 3.43. The van der Waals surface area contributed by atoms with E-state index in [2.05, 4.69) is 4.98 Å². The second-order valence-corrected chi connectivity index (χ2v) is 4.66. The van der Waals surface area contributed by atoms with Gasteiger partial charge in [0.15, 0.2) is 0 Å². The van der Waals surface area contributed by atoms with Crippen molar-refractivity contribution in [2.45, 2.75) is 26.2 Å². The second kappa shape index (κ2) is 3.19. The van der Waals surface area contributed by atoms with Crippen LogP contribution in [0.25, 0.3) is 5.65 Å². The molecule has 2 aromatic rings. The number of rotatable bonds is 0. The van der Waals surface area contributed by atoms with Crippen LogP contribution in [-0.4, -0.2) is 9.38 Å². The lowest BCUT2D eigenvalue weighted by Crippen LogP contribution is -2.27. The minimum atomic E-state index is -0.166. The van der Waals surface area contributed by atoms with E-state index in [4.69, 9.17) is 0 Å². The molecule has 0 unspecified atom stereocenters. The predicted molar refractivity (Wildman–Crippen MR) is 60.2 cm³/mol. The topological polar surface area (TPSA) is 34.4 Å². The first kappa shape index (κ1) is 9.90. The highest BCUT2D eigenvalue weighted by molar-refractivity contribution is 5.38. The van der Waals surface area contributed by atoms with Crippen molar-refractivity contribution in [1.29, 1.82) is 0 Å². The first-order valence-corrected chi connectivity index (χ1v) is 4.97. The zero-order chi connectivity index (χ0) is 11.1. The van der Waals surface area contributed by atoms with Gasteiger partial charge in [-0.1, -0.05) is 26.8 Å². The van der Waals surface area contributed by atoms with Crippen LogP contribution in [0.15, 0.2) is 35.4 Å². The molecule has 15 heavy (non-hydrogen) atoms. The van der Waals surface area contributed by atoms with Crippen molar-refractivity contribution in [3.63, 3.8) is 0 Å². The maximum absolute atomic E-state index is 12.1. The Kier molecular flexibility index (Phi) is 2.11. The molecule has 3 heteroatoms. The van der Waals surface area contributed by atoms with Gasteiger partial charge in [-0.25, -0.2) is 4.98 Å². The lowest BCUT2D eigenvalue weighted by atomic mass is 9.89. The molecule has 0 aromatic carbocycles. The van der Waals surface area contributed by atoms with Gasteiger partial charge in [-0.05, 0) is 17.5 Å². The fourth-order valence-electron chi connectivity index (χ4n) is 1.54. The Morgan fingerprint density at radius 2 is 2.00 bits per heavy atom. The van der Waals surface area contributed by atoms with E-state index in [1.165, 1.54) is 0 Å². The van der Waals surface area contributed by atoms with E-state index in [0.717, 1.165) is 5.56 Å². The van der Waals surface area contributed by atoms with Crippen molar-refractivity contribution in [2.24, 2.45) is 0 Å². The van der Waals surface area contributed by atoms with Crippen molar-refractivity contribution in [3.05, 3.63) is 46.5 Å². The molecule has 0 atom stereocenters. The van der Waals surface area contributed by atoms with Crippen LogP contribution < -0.4 is 5.56 Å². The van der Waals surface area contributed by atoms with Crippen LogP contribution in [0.4, 0.5) is 0 Å². The van der Waals surface area contributed by atoms with Crippen LogP contribution in [0.5, 0.6) is 0 Å². The Labute approximate surface area is 88.4 Å². The summed E-state index contributed by atoms with van der Waals surface area (Å²) in [4.78, 5) is 16.4. The minimum absolute atomic E-state index is 0.0214. The summed E-state index contributed by atoms with van der Waals surface area (Å²) in [5.74, 6) is 0. The van der Waals surface area contributed by atoms with Crippen LogP contribution in [0, 0.1) is 0 Å². The standard InChI is InChI=1S/C12H14N2O/c1-12(2,3)9-8-13-10-6-4-5-7-14(10)11(9)15/h4-8H,1-3H3. The lowest BCUT2D eigenvalue weighted by Gasteiger charge is -2.17. The van der Waals surface area contributed by atoms with Gasteiger partial charge < -0.3 is 0 Å². The molecule has 2 aromatic heterocycles. The van der Waals surface area contributed by atoms with Crippen molar-refractivity contribution in [2.75, 3.05) is 0 Å². The van der Waals surface area contributed by atoms with Crippen LogP contribution >= 0.6 is 0 Å². The highest BCUT2D eigenvalue weighted by atomic mass is 16.1. The predicted octanol–water partition coefficient (Wildman–Crippen LogP) is 1.99. The molecule has 2 rings (SSSR count). The third-order valence-corrected chi connectivity index (χ3v) is 2.42. The third-order valence-electron chi connectivity index (χ3n) is 2.42. The maximum Gasteiger partial charge on any atom is 0.261 e. The molecule has 0 aliphatic carbocycles. The van der Waals surface area contributed by atoms with Crippen LogP contribution in [-0.2, 0) is 5.41 Å². The highest BCUT2D eigenvalue weighted by Gasteiger charge is 2.18. The molecule has 78 valence electrons. The summed E-state index contributed by atoms with van der Waals surface area (Å²) >= 11 is 0. The summed E-state index contributed by atoms with van der Waals surface area (Å²) in [6.45, 7) is 6.04. The molecule has 0 fully saturated rings. The first-order chi connectivity index (χ1) is 7.00. The van der Waals surface area contributed by atoms with E-state index in [9.17, 15) is 4.79 Å². The fraction of sp³-hybridized carbons (Fsp3) is 0.333. The van der Waals surface area contributed by atoms with Gasteiger partial charge in [0.25, 0.3) is 5.56 Å². The summed E-state index contributed by atoms with van der Waals surface area (Å²) in [5.41, 5.74) is 1.29. The average molecular weight is 202 g/mol. The molecule has 3 nitrogen and oxygen atoms in total. The van der Waals surface area contributed by atoms with Crippen LogP contribution in [0.1, 0.15) is 26.3 Å². The van der Waals surface area contributed by atoms with E-state index in [1.807, 2.05) is 39.0 Å². The summed E-state index contributed by atoms with van der Waals surface area (Å²) in [7, 11) is 0. The van der Waals surface area contributed by atoms with Crippen LogP contribution in [0.3, 0.4) is 0 Å². The molecule has 0 aliphatic rings. The summed E-state index contributed by atoms with van der Waals surface area (Å²) in [5, 5.41) is 0.